The lowest BCUT2D eigenvalue weighted by molar-refractivity contribution is 0.317. The first-order valence-electron chi connectivity index (χ1n) is 7.68. The minimum Gasteiger partial charge on any atom is -0.313 e. The number of benzene rings is 1. The second kappa shape index (κ2) is 4.38. The summed E-state index contributed by atoms with van der Waals surface area (Å²) in [6.45, 7) is 1.29. The zero-order valence-electron chi connectivity index (χ0n) is 11.0. The third kappa shape index (κ3) is 1.99. The summed E-state index contributed by atoms with van der Waals surface area (Å²) in [5.74, 6) is 3.95. The lowest BCUT2D eigenvalue weighted by Crippen LogP contribution is -2.28. The Morgan fingerprint density at radius 3 is 2.61 bits per heavy atom. The van der Waals surface area contributed by atoms with E-state index in [-0.39, 0.29) is 0 Å². The van der Waals surface area contributed by atoms with Gasteiger partial charge in [0.05, 0.1) is 0 Å². The normalized spacial score (nSPS) is 41.2. The average molecular weight is 241 g/mol. The van der Waals surface area contributed by atoms with Gasteiger partial charge in [0.25, 0.3) is 0 Å². The molecule has 3 saturated carbocycles. The number of fused-ring (bicyclic) bond motifs is 2. The molecule has 1 N–H and O–H groups in total. The molecular weight excluding hydrogens is 218 g/mol. The zero-order chi connectivity index (χ0) is 11.9. The average Bonchev–Trinajstić information content (AvgIpc) is 2.89. The fourth-order valence-electron chi connectivity index (χ4n) is 4.42. The van der Waals surface area contributed by atoms with Crippen LogP contribution in [0.5, 0.6) is 0 Å². The Labute approximate surface area is 110 Å². The SMILES string of the molecule is c1ccc(C2CC2NCC2CC3CCC2C3)cc1. The Kier molecular flexibility index (Phi) is 2.69. The molecule has 0 aromatic heterocycles. The Morgan fingerprint density at radius 2 is 1.89 bits per heavy atom. The van der Waals surface area contributed by atoms with Crippen molar-refractivity contribution in [2.24, 2.45) is 17.8 Å². The molecule has 1 nitrogen and oxygen atoms in total. The molecule has 5 unspecified atom stereocenters. The standard InChI is InChI=1S/C17H23N/c1-2-4-13(5-3-1)16-10-17(16)18-11-15-9-12-6-7-14(15)8-12/h1-5,12,14-18H,6-11H2. The fraction of sp³-hybridized carbons (Fsp3) is 0.647. The molecule has 4 rings (SSSR count). The van der Waals surface area contributed by atoms with Gasteiger partial charge in [-0.2, -0.15) is 0 Å². The maximum Gasteiger partial charge on any atom is 0.0143 e. The van der Waals surface area contributed by atoms with Gasteiger partial charge in [-0.25, -0.2) is 0 Å². The predicted octanol–water partition coefficient (Wildman–Crippen LogP) is 3.57. The first kappa shape index (κ1) is 11.0. The highest BCUT2D eigenvalue weighted by atomic mass is 15.0. The van der Waals surface area contributed by atoms with Crippen molar-refractivity contribution in [3.05, 3.63) is 35.9 Å². The van der Waals surface area contributed by atoms with Crippen molar-refractivity contribution in [1.82, 2.24) is 5.32 Å². The first-order chi connectivity index (χ1) is 8.90. The molecule has 1 aromatic rings. The van der Waals surface area contributed by atoms with Crippen LogP contribution in [0, 0.1) is 17.8 Å². The second-order valence-electron chi connectivity index (χ2n) is 6.70. The van der Waals surface area contributed by atoms with Gasteiger partial charge >= 0.3 is 0 Å². The van der Waals surface area contributed by atoms with Gasteiger partial charge in [0.1, 0.15) is 0 Å². The van der Waals surface area contributed by atoms with E-state index >= 15 is 0 Å². The highest BCUT2D eigenvalue weighted by molar-refractivity contribution is 5.27. The summed E-state index contributed by atoms with van der Waals surface area (Å²) < 4.78 is 0. The van der Waals surface area contributed by atoms with Crippen LogP contribution in [0.25, 0.3) is 0 Å². The number of hydrogen-bond donors (Lipinski definition) is 1. The summed E-state index contributed by atoms with van der Waals surface area (Å²) in [6.07, 6.45) is 7.45. The Balaban J connectivity index is 1.28. The number of rotatable bonds is 4. The van der Waals surface area contributed by atoms with Gasteiger partial charge in [-0.15, -0.1) is 0 Å². The zero-order valence-corrected chi connectivity index (χ0v) is 11.0. The summed E-state index contributed by atoms with van der Waals surface area (Å²) in [7, 11) is 0. The number of nitrogens with one attached hydrogen (secondary N) is 1. The Hall–Kier alpha value is -0.820. The molecule has 2 bridgehead atoms. The van der Waals surface area contributed by atoms with Crippen molar-refractivity contribution in [3.8, 4) is 0 Å². The lowest BCUT2D eigenvalue weighted by atomic mass is 9.89. The third-order valence-electron chi connectivity index (χ3n) is 5.54. The highest BCUT2D eigenvalue weighted by Crippen LogP contribution is 2.48. The van der Waals surface area contributed by atoms with Crippen LogP contribution in [-0.4, -0.2) is 12.6 Å². The molecule has 1 heteroatoms. The van der Waals surface area contributed by atoms with Crippen LogP contribution in [-0.2, 0) is 0 Å². The molecule has 0 saturated heterocycles. The van der Waals surface area contributed by atoms with Crippen molar-refractivity contribution in [3.63, 3.8) is 0 Å². The van der Waals surface area contributed by atoms with Gasteiger partial charge in [-0.3, -0.25) is 0 Å². The van der Waals surface area contributed by atoms with Gasteiger partial charge in [-0.1, -0.05) is 36.8 Å². The van der Waals surface area contributed by atoms with Crippen LogP contribution in [0.4, 0.5) is 0 Å². The molecule has 0 aliphatic heterocycles. The minimum atomic E-state index is 0.770. The van der Waals surface area contributed by atoms with Crippen LogP contribution in [0.1, 0.15) is 43.6 Å². The van der Waals surface area contributed by atoms with Crippen molar-refractivity contribution < 1.29 is 0 Å². The van der Waals surface area contributed by atoms with E-state index < -0.39 is 0 Å². The molecule has 5 atom stereocenters. The van der Waals surface area contributed by atoms with E-state index in [1.807, 2.05) is 0 Å². The molecule has 0 amide bonds. The van der Waals surface area contributed by atoms with E-state index in [9.17, 15) is 0 Å². The summed E-state index contributed by atoms with van der Waals surface area (Å²) in [5, 5.41) is 3.83. The van der Waals surface area contributed by atoms with Gasteiger partial charge in [0, 0.05) is 12.0 Å². The number of hydrogen-bond acceptors (Lipinski definition) is 1. The van der Waals surface area contributed by atoms with Crippen molar-refractivity contribution in [2.45, 2.75) is 44.1 Å². The molecule has 96 valence electrons. The van der Waals surface area contributed by atoms with Crippen LogP contribution in [0.3, 0.4) is 0 Å². The van der Waals surface area contributed by atoms with E-state index in [1.54, 1.807) is 6.42 Å². The molecule has 0 radical (unpaired) electrons. The minimum absolute atomic E-state index is 0.770. The van der Waals surface area contributed by atoms with Gasteiger partial charge in [-0.05, 0) is 55.5 Å². The highest BCUT2D eigenvalue weighted by Gasteiger charge is 2.42. The quantitative estimate of drug-likeness (QED) is 0.849. The lowest BCUT2D eigenvalue weighted by Gasteiger charge is -2.22. The Bertz CT molecular complexity index is 413. The van der Waals surface area contributed by atoms with E-state index in [0.29, 0.717) is 0 Å². The van der Waals surface area contributed by atoms with Crippen LogP contribution in [0.15, 0.2) is 30.3 Å². The molecule has 3 aliphatic rings. The van der Waals surface area contributed by atoms with E-state index in [2.05, 4.69) is 35.6 Å². The van der Waals surface area contributed by atoms with Crippen LogP contribution >= 0.6 is 0 Å². The van der Waals surface area contributed by atoms with Crippen LogP contribution < -0.4 is 5.32 Å². The molecule has 18 heavy (non-hydrogen) atoms. The summed E-state index contributed by atoms with van der Waals surface area (Å²) >= 11 is 0. The topological polar surface area (TPSA) is 12.0 Å². The van der Waals surface area contributed by atoms with Gasteiger partial charge < -0.3 is 5.32 Å². The fourth-order valence-corrected chi connectivity index (χ4v) is 4.42. The molecule has 3 fully saturated rings. The van der Waals surface area contributed by atoms with Crippen molar-refractivity contribution in [1.29, 1.82) is 0 Å². The predicted molar refractivity (Wildman–Crippen MR) is 74.5 cm³/mol. The molecule has 1 aromatic carbocycles. The molecule has 0 heterocycles. The second-order valence-corrected chi connectivity index (χ2v) is 6.70. The maximum absolute atomic E-state index is 3.83. The van der Waals surface area contributed by atoms with Gasteiger partial charge in [0.15, 0.2) is 0 Å². The largest absolute Gasteiger partial charge is 0.313 e. The van der Waals surface area contributed by atoms with Crippen molar-refractivity contribution in [2.75, 3.05) is 6.54 Å². The summed E-state index contributed by atoms with van der Waals surface area (Å²) in [4.78, 5) is 0. The Morgan fingerprint density at radius 1 is 1.00 bits per heavy atom. The molecular formula is C17H23N. The van der Waals surface area contributed by atoms with E-state index in [1.165, 1.54) is 37.8 Å². The van der Waals surface area contributed by atoms with E-state index in [4.69, 9.17) is 0 Å². The summed E-state index contributed by atoms with van der Waals surface area (Å²) in [6, 6.07) is 11.8. The maximum atomic E-state index is 3.83. The summed E-state index contributed by atoms with van der Waals surface area (Å²) in [5.41, 5.74) is 1.53. The monoisotopic (exact) mass is 241 g/mol. The van der Waals surface area contributed by atoms with Crippen LogP contribution in [0.2, 0.25) is 0 Å². The smallest absolute Gasteiger partial charge is 0.0143 e. The van der Waals surface area contributed by atoms with Crippen molar-refractivity contribution >= 4 is 0 Å². The third-order valence-corrected chi connectivity index (χ3v) is 5.54. The molecule has 3 aliphatic carbocycles. The molecule has 0 spiro atoms. The first-order valence-corrected chi connectivity index (χ1v) is 7.68. The van der Waals surface area contributed by atoms with E-state index in [0.717, 1.165) is 29.7 Å². The van der Waals surface area contributed by atoms with Gasteiger partial charge in [0.2, 0.25) is 0 Å².